The van der Waals surface area contributed by atoms with Crippen LogP contribution in [0.1, 0.15) is 11.1 Å². The summed E-state index contributed by atoms with van der Waals surface area (Å²) in [5.41, 5.74) is 16.6. The molecule has 4 nitrogen and oxygen atoms in total. The molecule has 11 rings (SSSR count). The summed E-state index contributed by atoms with van der Waals surface area (Å²) in [5, 5.41) is 4.92. The first-order valence-corrected chi connectivity index (χ1v) is 19.8. The third kappa shape index (κ3) is 5.69. The van der Waals surface area contributed by atoms with Gasteiger partial charge in [0.15, 0.2) is 5.82 Å². The average Bonchev–Trinajstić information content (AvgIpc) is 3.79. The lowest BCUT2D eigenvalue weighted by molar-refractivity contribution is 1.16. The van der Waals surface area contributed by atoms with Gasteiger partial charge in [0.2, 0.25) is 0 Å². The SMILES string of the molecule is Cc1ccc(-c2cc(-c3ccc(C)cc3)nc(-c3cccc(-n4c5ccccc5c5ccc(-c6ccc7c(c6)c6ccccc6n7-c6ccccc6)cc54)c3)n2)cc1. The normalized spacial score (nSPS) is 11.6. The van der Waals surface area contributed by atoms with E-state index in [2.05, 4.69) is 217 Å². The fraction of sp³-hybridized carbons (Fsp3) is 0.0370. The molecule has 58 heavy (non-hydrogen) atoms. The standard InChI is InChI=1S/C54H38N4/c1-35-19-23-37(24-20-35)48-34-49(38-25-21-36(2)22-26-38)56-54(55-48)41-11-10-14-43(31-41)58-50-17-8-6-15-44(50)46-29-27-40(33-53(46)58)39-28-30-52-47(32-39)45-16-7-9-18-51(45)57(52)42-12-4-3-5-13-42/h3-34H,1-2H3. The second-order valence-corrected chi connectivity index (χ2v) is 15.2. The van der Waals surface area contributed by atoms with Crippen molar-refractivity contribution in [3.8, 4) is 56.4 Å². The summed E-state index contributed by atoms with van der Waals surface area (Å²) in [6.45, 7) is 4.22. The smallest absolute Gasteiger partial charge is 0.160 e. The summed E-state index contributed by atoms with van der Waals surface area (Å²) in [5.74, 6) is 0.694. The number of aromatic nitrogens is 4. The highest BCUT2D eigenvalue weighted by Crippen LogP contribution is 2.39. The summed E-state index contributed by atoms with van der Waals surface area (Å²) >= 11 is 0. The predicted octanol–water partition coefficient (Wildman–Crippen LogP) is 14.0. The molecule has 0 aliphatic rings. The minimum atomic E-state index is 0.694. The molecule has 3 heterocycles. The summed E-state index contributed by atoms with van der Waals surface area (Å²) in [6, 6.07) is 69.8. The molecule has 0 saturated carbocycles. The highest BCUT2D eigenvalue weighted by Gasteiger charge is 2.18. The van der Waals surface area contributed by atoms with Crippen molar-refractivity contribution in [3.05, 3.63) is 205 Å². The summed E-state index contributed by atoms with van der Waals surface area (Å²) in [7, 11) is 0. The molecule has 0 radical (unpaired) electrons. The van der Waals surface area contributed by atoms with Gasteiger partial charge in [-0.3, -0.25) is 0 Å². The monoisotopic (exact) mass is 742 g/mol. The zero-order chi connectivity index (χ0) is 38.7. The van der Waals surface area contributed by atoms with E-state index < -0.39 is 0 Å². The zero-order valence-electron chi connectivity index (χ0n) is 32.3. The zero-order valence-corrected chi connectivity index (χ0v) is 32.3. The summed E-state index contributed by atoms with van der Waals surface area (Å²) in [4.78, 5) is 10.4. The molecule has 3 aromatic heterocycles. The van der Waals surface area contributed by atoms with Crippen LogP contribution < -0.4 is 0 Å². The van der Waals surface area contributed by atoms with Crippen molar-refractivity contribution in [1.82, 2.24) is 19.1 Å². The lowest BCUT2D eigenvalue weighted by Crippen LogP contribution is -1.98. The van der Waals surface area contributed by atoms with Gasteiger partial charge in [-0.1, -0.05) is 145 Å². The number of nitrogens with zero attached hydrogens (tertiary/aromatic N) is 4. The Labute approximate surface area is 337 Å². The van der Waals surface area contributed by atoms with Gasteiger partial charge in [-0.05, 0) is 85.6 Å². The molecule has 8 aromatic carbocycles. The van der Waals surface area contributed by atoms with E-state index in [1.165, 1.54) is 54.8 Å². The fourth-order valence-electron chi connectivity index (χ4n) is 8.54. The van der Waals surface area contributed by atoms with Crippen LogP contribution in [0.5, 0.6) is 0 Å². The predicted molar refractivity (Wildman–Crippen MR) is 242 cm³/mol. The van der Waals surface area contributed by atoms with Crippen LogP contribution in [0.3, 0.4) is 0 Å². The van der Waals surface area contributed by atoms with Crippen LogP contribution in [0.25, 0.3) is 100 Å². The first-order valence-electron chi connectivity index (χ1n) is 19.8. The van der Waals surface area contributed by atoms with E-state index in [9.17, 15) is 0 Å². The first-order chi connectivity index (χ1) is 28.6. The van der Waals surface area contributed by atoms with Gasteiger partial charge < -0.3 is 9.13 Å². The molecule has 0 unspecified atom stereocenters. The molecule has 11 aromatic rings. The van der Waals surface area contributed by atoms with Crippen molar-refractivity contribution < 1.29 is 0 Å². The van der Waals surface area contributed by atoms with Crippen LogP contribution in [0.2, 0.25) is 0 Å². The molecule has 0 amide bonds. The van der Waals surface area contributed by atoms with E-state index in [4.69, 9.17) is 9.97 Å². The van der Waals surface area contributed by atoms with Crippen LogP contribution in [-0.4, -0.2) is 19.1 Å². The highest BCUT2D eigenvalue weighted by atomic mass is 15.0. The Morgan fingerprint density at radius 2 is 0.810 bits per heavy atom. The van der Waals surface area contributed by atoms with Gasteiger partial charge in [-0.25, -0.2) is 9.97 Å². The third-order valence-corrected chi connectivity index (χ3v) is 11.5. The number of benzene rings is 8. The second-order valence-electron chi connectivity index (χ2n) is 15.2. The van der Waals surface area contributed by atoms with E-state index in [0.717, 1.165) is 50.5 Å². The molecular formula is C54H38N4. The van der Waals surface area contributed by atoms with Crippen LogP contribution in [-0.2, 0) is 0 Å². The molecule has 4 heteroatoms. The van der Waals surface area contributed by atoms with Gasteiger partial charge in [0.25, 0.3) is 0 Å². The Hall–Kier alpha value is -7.56. The fourth-order valence-corrected chi connectivity index (χ4v) is 8.54. The molecule has 0 saturated heterocycles. The Morgan fingerprint density at radius 1 is 0.310 bits per heavy atom. The number of rotatable bonds is 6. The van der Waals surface area contributed by atoms with Gasteiger partial charge >= 0.3 is 0 Å². The Balaban J connectivity index is 1.07. The first kappa shape index (κ1) is 33.8. The Bertz CT molecular complexity index is 3270. The minimum absolute atomic E-state index is 0.694. The van der Waals surface area contributed by atoms with Crippen LogP contribution in [0.15, 0.2) is 194 Å². The molecular weight excluding hydrogens is 705 g/mol. The van der Waals surface area contributed by atoms with Crippen molar-refractivity contribution in [3.63, 3.8) is 0 Å². The number of aryl methyl sites for hydroxylation is 2. The summed E-state index contributed by atoms with van der Waals surface area (Å²) in [6.07, 6.45) is 0. The molecule has 0 fully saturated rings. The van der Waals surface area contributed by atoms with E-state index >= 15 is 0 Å². The lowest BCUT2D eigenvalue weighted by Gasteiger charge is -2.13. The molecule has 0 spiro atoms. The van der Waals surface area contributed by atoms with E-state index in [0.29, 0.717) is 5.82 Å². The maximum atomic E-state index is 5.19. The molecule has 0 N–H and O–H groups in total. The van der Waals surface area contributed by atoms with Gasteiger partial charge in [-0.15, -0.1) is 0 Å². The van der Waals surface area contributed by atoms with E-state index in [-0.39, 0.29) is 0 Å². The minimum Gasteiger partial charge on any atom is -0.309 e. The Morgan fingerprint density at radius 3 is 1.48 bits per heavy atom. The molecule has 274 valence electrons. The van der Waals surface area contributed by atoms with Crippen molar-refractivity contribution >= 4 is 43.6 Å². The number of fused-ring (bicyclic) bond motifs is 6. The van der Waals surface area contributed by atoms with Gasteiger partial charge in [0.1, 0.15) is 0 Å². The molecule has 0 bridgehead atoms. The number of para-hydroxylation sites is 3. The van der Waals surface area contributed by atoms with Crippen LogP contribution in [0, 0.1) is 13.8 Å². The largest absolute Gasteiger partial charge is 0.309 e. The van der Waals surface area contributed by atoms with Crippen LogP contribution >= 0.6 is 0 Å². The van der Waals surface area contributed by atoms with Gasteiger partial charge in [0.05, 0.1) is 33.5 Å². The van der Waals surface area contributed by atoms with Gasteiger partial charge in [0, 0.05) is 49.6 Å². The lowest BCUT2D eigenvalue weighted by atomic mass is 10.0. The maximum absolute atomic E-state index is 5.19. The quantitative estimate of drug-likeness (QED) is 0.170. The van der Waals surface area contributed by atoms with E-state index in [1.807, 2.05) is 0 Å². The number of hydrogen-bond donors (Lipinski definition) is 0. The second kappa shape index (κ2) is 13.6. The summed E-state index contributed by atoms with van der Waals surface area (Å²) < 4.78 is 4.76. The molecule has 0 atom stereocenters. The van der Waals surface area contributed by atoms with Crippen LogP contribution in [0.4, 0.5) is 0 Å². The molecule has 0 aliphatic carbocycles. The van der Waals surface area contributed by atoms with Crippen molar-refractivity contribution in [2.45, 2.75) is 13.8 Å². The van der Waals surface area contributed by atoms with Gasteiger partial charge in [-0.2, -0.15) is 0 Å². The maximum Gasteiger partial charge on any atom is 0.160 e. The topological polar surface area (TPSA) is 35.6 Å². The average molecular weight is 743 g/mol. The third-order valence-electron chi connectivity index (χ3n) is 11.5. The van der Waals surface area contributed by atoms with E-state index in [1.54, 1.807) is 0 Å². The Kier molecular flexibility index (Phi) is 7.90. The molecule has 0 aliphatic heterocycles. The van der Waals surface area contributed by atoms with Crippen molar-refractivity contribution in [2.75, 3.05) is 0 Å². The van der Waals surface area contributed by atoms with Crippen molar-refractivity contribution in [1.29, 1.82) is 0 Å². The number of hydrogen-bond acceptors (Lipinski definition) is 2. The van der Waals surface area contributed by atoms with Crippen molar-refractivity contribution in [2.24, 2.45) is 0 Å². The highest BCUT2D eigenvalue weighted by molar-refractivity contribution is 6.12.